The summed E-state index contributed by atoms with van der Waals surface area (Å²) >= 11 is 0. The lowest BCUT2D eigenvalue weighted by Gasteiger charge is -2.36. The number of amides is 3. The molecule has 0 bridgehead atoms. The summed E-state index contributed by atoms with van der Waals surface area (Å²) in [4.78, 5) is 46.5. The summed E-state index contributed by atoms with van der Waals surface area (Å²) in [7, 11) is 1.58. The van der Waals surface area contributed by atoms with E-state index in [1.807, 2.05) is 55.5 Å². The van der Waals surface area contributed by atoms with Crippen LogP contribution in [0, 0.1) is 0 Å². The Balaban J connectivity index is 1.81. The van der Waals surface area contributed by atoms with Crippen molar-refractivity contribution in [1.82, 2.24) is 4.90 Å². The van der Waals surface area contributed by atoms with Gasteiger partial charge in [0.1, 0.15) is 34.1 Å². The molecule has 49 heavy (non-hydrogen) atoms. The van der Waals surface area contributed by atoms with Crippen LogP contribution in [0.25, 0.3) is 0 Å². The molecule has 1 aliphatic rings. The number of nitrogens with zero attached hydrogens (tertiary/aromatic N) is 3. The molecule has 0 aliphatic carbocycles. The number of aliphatic imine (C=N–C) groups is 1. The molecule has 12 heteroatoms. The zero-order valence-electron chi connectivity index (χ0n) is 29.4. The molecule has 1 heterocycles. The summed E-state index contributed by atoms with van der Waals surface area (Å²) in [6, 6.07) is 20.2. The number of ether oxygens (including phenoxy) is 5. The predicted octanol–water partition coefficient (Wildman–Crippen LogP) is 7.22. The van der Waals surface area contributed by atoms with E-state index in [0.29, 0.717) is 40.7 Å². The van der Waals surface area contributed by atoms with E-state index in [0.717, 1.165) is 10.5 Å². The molecular weight excluding hydrogens is 628 g/mol. The number of para-hydroxylation sites is 2. The highest BCUT2D eigenvalue weighted by molar-refractivity contribution is 6.02. The molecule has 0 spiro atoms. The van der Waals surface area contributed by atoms with Crippen LogP contribution in [-0.4, -0.2) is 59.9 Å². The van der Waals surface area contributed by atoms with Gasteiger partial charge in [0, 0.05) is 12.1 Å². The Morgan fingerprint density at radius 1 is 0.918 bits per heavy atom. The Bertz CT molecular complexity index is 1680. The third kappa shape index (κ3) is 9.65. The van der Waals surface area contributed by atoms with Gasteiger partial charge in [0.2, 0.25) is 5.96 Å². The van der Waals surface area contributed by atoms with Crippen LogP contribution < -0.4 is 24.8 Å². The first-order valence-corrected chi connectivity index (χ1v) is 16.2. The van der Waals surface area contributed by atoms with E-state index in [1.54, 1.807) is 71.8 Å². The molecule has 3 amide bonds. The molecule has 2 N–H and O–H groups in total. The second-order valence-corrected chi connectivity index (χ2v) is 13.4. The smallest absolute Gasteiger partial charge is 0.437 e. The molecule has 0 saturated heterocycles. The van der Waals surface area contributed by atoms with Gasteiger partial charge in [-0.25, -0.2) is 14.5 Å². The van der Waals surface area contributed by atoms with Crippen molar-refractivity contribution < 1.29 is 38.1 Å². The Morgan fingerprint density at radius 2 is 1.57 bits per heavy atom. The van der Waals surface area contributed by atoms with Crippen molar-refractivity contribution >= 4 is 29.7 Å². The summed E-state index contributed by atoms with van der Waals surface area (Å²) < 4.78 is 29.2. The summed E-state index contributed by atoms with van der Waals surface area (Å²) in [6.45, 7) is 12.3. The van der Waals surface area contributed by atoms with E-state index in [-0.39, 0.29) is 25.4 Å². The van der Waals surface area contributed by atoms with E-state index < -0.39 is 35.5 Å². The Hall–Kier alpha value is -5.26. The van der Waals surface area contributed by atoms with Gasteiger partial charge in [-0.05, 0) is 84.2 Å². The van der Waals surface area contributed by atoms with E-state index in [1.165, 1.54) is 0 Å². The first kappa shape index (κ1) is 36.6. The average Bonchev–Trinajstić information content (AvgIpc) is 3.02. The number of guanidine groups is 1. The summed E-state index contributed by atoms with van der Waals surface area (Å²) in [5, 5.41) is 0. The first-order chi connectivity index (χ1) is 23.1. The number of hydrogen-bond donors (Lipinski definition) is 1. The average molecular weight is 675 g/mol. The molecule has 1 unspecified atom stereocenters. The maximum atomic E-state index is 14.0. The molecule has 12 nitrogen and oxygen atoms in total. The molecule has 1 aliphatic heterocycles. The highest BCUT2D eigenvalue weighted by atomic mass is 16.6. The highest BCUT2D eigenvalue weighted by Gasteiger charge is 2.37. The van der Waals surface area contributed by atoms with Gasteiger partial charge < -0.3 is 29.4 Å². The van der Waals surface area contributed by atoms with Gasteiger partial charge in [-0.1, -0.05) is 49.4 Å². The quantitative estimate of drug-likeness (QED) is 0.184. The molecule has 4 rings (SSSR count). The van der Waals surface area contributed by atoms with Crippen LogP contribution >= 0.6 is 0 Å². The Kier molecular flexibility index (Phi) is 11.4. The van der Waals surface area contributed by atoms with E-state index in [4.69, 9.17) is 29.4 Å². The van der Waals surface area contributed by atoms with Crippen LogP contribution in [0.4, 0.5) is 15.3 Å². The normalized spacial score (nSPS) is 14.8. The zero-order valence-corrected chi connectivity index (χ0v) is 29.4. The number of carbonyl (C=O) groups is 3. The Labute approximate surface area is 287 Å². The van der Waals surface area contributed by atoms with Gasteiger partial charge in [0.05, 0.1) is 13.7 Å². The van der Waals surface area contributed by atoms with Crippen molar-refractivity contribution in [3.63, 3.8) is 0 Å². The monoisotopic (exact) mass is 674 g/mol. The number of rotatable bonds is 9. The number of hydrogen-bond acceptors (Lipinski definition) is 8. The minimum atomic E-state index is -0.950. The molecule has 0 saturated carbocycles. The second kappa shape index (κ2) is 15.3. The number of nitrogens with two attached hydrogens (primary N) is 1. The number of benzene rings is 3. The maximum absolute atomic E-state index is 14.0. The summed E-state index contributed by atoms with van der Waals surface area (Å²) in [6.07, 6.45) is -1.84. The zero-order chi connectivity index (χ0) is 35.9. The summed E-state index contributed by atoms with van der Waals surface area (Å²) in [5.41, 5.74) is 6.40. The molecule has 3 aromatic rings. The van der Waals surface area contributed by atoms with Crippen LogP contribution in [-0.2, 0) is 27.2 Å². The SMILES string of the molecule is CCC1Oc2ccc(CCN(C(=O)OC(C)(C)C)C(N)=NC(=O)OC(C)(C)C)c(Oc3ccccc3)c2N(Cc2ccccc2OC)C1=O. The lowest BCUT2D eigenvalue weighted by atomic mass is 10.0. The lowest BCUT2D eigenvalue weighted by Crippen LogP contribution is -2.46. The number of fused-ring (bicyclic) bond motifs is 1. The molecule has 1 atom stereocenters. The van der Waals surface area contributed by atoms with Gasteiger partial charge in [-0.3, -0.25) is 9.69 Å². The van der Waals surface area contributed by atoms with Gasteiger partial charge in [-0.15, -0.1) is 4.99 Å². The van der Waals surface area contributed by atoms with Crippen LogP contribution in [0.3, 0.4) is 0 Å². The Morgan fingerprint density at radius 3 is 2.20 bits per heavy atom. The minimum Gasteiger partial charge on any atom is -0.496 e. The van der Waals surface area contributed by atoms with E-state index in [9.17, 15) is 14.4 Å². The molecule has 0 fully saturated rings. The third-order valence-electron chi connectivity index (χ3n) is 7.21. The first-order valence-electron chi connectivity index (χ1n) is 16.2. The molecule has 262 valence electrons. The van der Waals surface area contributed by atoms with Crippen molar-refractivity contribution in [2.75, 3.05) is 18.6 Å². The molecule has 3 aromatic carbocycles. The highest BCUT2D eigenvalue weighted by Crippen LogP contribution is 2.47. The van der Waals surface area contributed by atoms with Crippen molar-refractivity contribution in [2.24, 2.45) is 10.7 Å². The van der Waals surface area contributed by atoms with Crippen LogP contribution in [0.2, 0.25) is 0 Å². The molecule has 0 radical (unpaired) electrons. The van der Waals surface area contributed by atoms with Crippen LogP contribution in [0.5, 0.6) is 23.0 Å². The molecule has 0 aromatic heterocycles. The van der Waals surface area contributed by atoms with Gasteiger partial charge in [0.25, 0.3) is 5.91 Å². The fourth-order valence-corrected chi connectivity index (χ4v) is 5.06. The minimum absolute atomic E-state index is 0.0596. The van der Waals surface area contributed by atoms with E-state index in [2.05, 4.69) is 4.99 Å². The van der Waals surface area contributed by atoms with Crippen LogP contribution in [0.15, 0.2) is 71.7 Å². The molecular formula is C37H46N4O8. The fraction of sp³-hybridized carbons (Fsp3) is 0.405. The van der Waals surface area contributed by atoms with E-state index >= 15 is 0 Å². The number of methoxy groups -OCH3 is 1. The maximum Gasteiger partial charge on any atom is 0.437 e. The lowest BCUT2D eigenvalue weighted by molar-refractivity contribution is -0.126. The van der Waals surface area contributed by atoms with Gasteiger partial charge in [-0.2, -0.15) is 0 Å². The van der Waals surface area contributed by atoms with Crippen molar-refractivity contribution in [3.05, 3.63) is 77.9 Å². The van der Waals surface area contributed by atoms with Crippen molar-refractivity contribution in [1.29, 1.82) is 0 Å². The number of anilines is 1. The number of carbonyl (C=O) groups excluding carboxylic acids is 3. The third-order valence-corrected chi connectivity index (χ3v) is 7.21. The van der Waals surface area contributed by atoms with Gasteiger partial charge in [0.15, 0.2) is 11.9 Å². The van der Waals surface area contributed by atoms with Gasteiger partial charge >= 0.3 is 12.2 Å². The largest absolute Gasteiger partial charge is 0.496 e. The van der Waals surface area contributed by atoms with Crippen molar-refractivity contribution in [2.45, 2.75) is 85.2 Å². The van der Waals surface area contributed by atoms with Crippen molar-refractivity contribution in [3.8, 4) is 23.0 Å². The topological polar surface area (TPSA) is 142 Å². The van der Waals surface area contributed by atoms with Crippen LogP contribution in [0.1, 0.15) is 66.0 Å². The summed E-state index contributed by atoms with van der Waals surface area (Å²) in [5.74, 6) is 1.34. The second-order valence-electron chi connectivity index (χ2n) is 13.4. The fourth-order valence-electron chi connectivity index (χ4n) is 5.06. The standard InChI is InChI=1S/C37H46N4O8/c1-9-27-32(42)41(23-25-15-13-14-18-28(25)45-8)30-29(47-27)20-19-24(31(30)46-26-16-11-10-12-17-26)21-22-40(35(44)49-37(5,6)7)33(38)39-34(43)48-36(2,3)4/h10-20,27H,9,21-23H2,1-8H3,(H2,38,39,43). The predicted molar refractivity (Wildman–Crippen MR) is 186 cm³/mol.